The highest BCUT2D eigenvalue weighted by Crippen LogP contribution is 2.38. The summed E-state index contributed by atoms with van der Waals surface area (Å²) in [6, 6.07) is 4.20. The quantitative estimate of drug-likeness (QED) is 0.835. The van der Waals surface area contributed by atoms with Gasteiger partial charge in [-0.2, -0.15) is 0 Å². The molecule has 0 aliphatic heterocycles. The first kappa shape index (κ1) is 10.7. The number of aromatic nitrogens is 1. The van der Waals surface area contributed by atoms with E-state index in [-0.39, 0.29) is 11.3 Å². The molecular weight excluding hydrogens is 228 g/mol. The summed E-state index contributed by atoms with van der Waals surface area (Å²) < 4.78 is 5.21. The monoisotopic (exact) mass is 240 g/mol. The van der Waals surface area contributed by atoms with Gasteiger partial charge in [-0.05, 0) is 18.4 Å². The molecule has 0 aliphatic carbocycles. The van der Waals surface area contributed by atoms with Gasteiger partial charge in [-0.1, -0.05) is 17.8 Å². The summed E-state index contributed by atoms with van der Waals surface area (Å²) in [5, 5.41) is 2.94. The molecule has 2 unspecified atom stereocenters. The number of hydrogen-bond donors (Lipinski definition) is 1. The molecule has 15 heavy (non-hydrogen) atoms. The van der Waals surface area contributed by atoms with Crippen molar-refractivity contribution in [3.8, 4) is 0 Å². The van der Waals surface area contributed by atoms with Crippen LogP contribution < -0.4 is 5.73 Å². The minimum absolute atomic E-state index is 0.0700. The van der Waals surface area contributed by atoms with E-state index >= 15 is 0 Å². The van der Waals surface area contributed by atoms with Crippen LogP contribution in [0.25, 0.3) is 0 Å². The van der Waals surface area contributed by atoms with Crippen molar-refractivity contribution in [1.82, 2.24) is 4.98 Å². The summed E-state index contributed by atoms with van der Waals surface area (Å²) in [6.45, 7) is 2.00. The van der Waals surface area contributed by atoms with E-state index in [1.807, 2.05) is 13.0 Å². The van der Waals surface area contributed by atoms with Crippen molar-refractivity contribution >= 4 is 23.1 Å². The van der Waals surface area contributed by atoms with Crippen molar-refractivity contribution in [1.29, 1.82) is 0 Å². The molecule has 0 spiro atoms. The van der Waals surface area contributed by atoms with Crippen LogP contribution in [0, 0.1) is 0 Å². The van der Waals surface area contributed by atoms with Crippen molar-refractivity contribution in [3.63, 3.8) is 0 Å². The summed E-state index contributed by atoms with van der Waals surface area (Å²) >= 11 is 3.28. The third-order valence-electron chi connectivity index (χ3n) is 1.94. The second-order valence-electron chi connectivity index (χ2n) is 3.21. The van der Waals surface area contributed by atoms with Crippen LogP contribution in [0.5, 0.6) is 0 Å². The SMILES string of the molecule is CC(N)C(Sc1ncco1)c1cccs1. The van der Waals surface area contributed by atoms with Gasteiger partial charge in [-0.3, -0.25) is 0 Å². The topological polar surface area (TPSA) is 52.0 Å². The van der Waals surface area contributed by atoms with E-state index in [1.54, 1.807) is 35.6 Å². The average molecular weight is 240 g/mol. The van der Waals surface area contributed by atoms with Crippen LogP contribution in [0.3, 0.4) is 0 Å². The van der Waals surface area contributed by atoms with E-state index in [0.717, 1.165) is 0 Å². The Morgan fingerprint density at radius 3 is 3.00 bits per heavy atom. The number of nitrogens with two attached hydrogens (primary N) is 1. The Morgan fingerprint density at radius 1 is 1.60 bits per heavy atom. The lowest BCUT2D eigenvalue weighted by molar-refractivity contribution is 0.452. The molecule has 3 nitrogen and oxygen atoms in total. The maximum atomic E-state index is 5.96. The fourth-order valence-corrected chi connectivity index (χ4v) is 3.25. The molecule has 0 saturated carbocycles. The van der Waals surface area contributed by atoms with Crippen molar-refractivity contribution < 1.29 is 4.42 Å². The number of oxazole rings is 1. The zero-order chi connectivity index (χ0) is 10.7. The lowest BCUT2D eigenvalue weighted by Crippen LogP contribution is -2.21. The summed E-state index contributed by atoms with van der Waals surface area (Å²) in [7, 11) is 0. The van der Waals surface area contributed by atoms with E-state index in [4.69, 9.17) is 10.2 Å². The molecule has 0 fully saturated rings. The van der Waals surface area contributed by atoms with Gasteiger partial charge in [0.1, 0.15) is 6.26 Å². The zero-order valence-corrected chi connectivity index (χ0v) is 9.92. The summed E-state index contributed by atoms with van der Waals surface area (Å²) in [5.41, 5.74) is 5.96. The van der Waals surface area contributed by atoms with Crippen LogP contribution in [-0.2, 0) is 0 Å². The second kappa shape index (κ2) is 4.83. The standard InChI is InChI=1S/C10H12N2OS2/c1-7(11)9(8-3-2-6-14-8)15-10-12-4-5-13-10/h2-7,9H,11H2,1H3. The molecule has 2 heterocycles. The first-order valence-electron chi connectivity index (χ1n) is 4.62. The largest absolute Gasteiger partial charge is 0.440 e. The number of thiophene rings is 1. The van der Waals surface area contributed by atoms with Gasteiger partial charge < -0.3 is 10.2 Å². The van der Waals surface area contributed by atoms with E-state index < -0.39 is 0 Å². The van der Waals surface area contributed by atoms with E-state index in [1.165, 1.54) is 4.88 Å². The molecule has 0 radical (unpaired) electrons. The molecule has 0 aromatic carbocycles. The van der Waals surface area contributed by atoms with Crippen LogP contribution in [0.15, 0.2) is 39.6 Å². The molecule has 2 atom stereocenters. The van der Waals surface area contributed by atoms with E-state index in [2.05, 4.69) is 16.4 Å². The maximum absolute atomic E-state index is 5.96. The Hall–Kier alpha value is -0.780. The fraction of sp³-hybridized carbons (Fsp3) is 0.300. The summed E-state index contributed by atoms with van der Waals surface area (Å²) in [6.07, 6.45) is 3.23. The molecule has 2 aromatic rings. The van der Waals surface area contributed by atoms with Gasteiger partial charge in [0.15, 0.2) is 0 Å². The Kier molecular flexibility index (Phi) is 3.45. The lowest BCUT2D eigenvalue weighted by Gasteiger charge is -2.16. The van der Waals surface area contributed by atoms with Crippen molar-refractivity contribution in [3.05, 3.63) is 34.8 Å². The molecule has 2 aromatic heterocycles. The molecule has 0 aliphatic rings. The van der Waals surface area contributed by atoms with Gasteiger partial charge in [0.05, 0.1) is 11.4 Å². The van der Waals surface area contributed by atoms with Crippen LogP contribution >= 0.6 is 23.1 Å². The Bertz CT molecular complexity index is 383. The van der Waals surface area contributed by atoms with E-state index in [9.17, 15) is 0 Å². The summed E-state index contributed by atoms with van der Waals surface area (Å²) in [5.74, 6) is 0. The lowest BCUT2D eigenvalue weighted by atomic mass is 10.2. The van der Waals surface area contributed by atoms with Crippen LogP contribution in [0.4, 0.5) is 0 Å². The predicted octanol–water partition coefficient (Wildman–Crippen LogP) is 2.92. The van der Waals surface area contributed by atoms with Gasteiger partial charge in [0.25, 0.3) is 5.22 Å². The zero-order valence-electron chi connectivity index (χ0n) is 8.29. The third-order valence-corrected chi connectivity index (χ3v) is 4.38. The van der Waals surface area contributed by atoms with Crippen LogP contribution in [0.2, 0.25) is 0 Å². The molecule has 2 N–H and O–H groups in total. The van der Waals surface area contributed by atoms with Gasteiger partial charge in [-0.25, -0.2) is 4.98 Å². The first-order valence-corrected chi connectivity index (χ1v) is 6.38. The third kappa shape index (κ3) is 2.62. The van der Waals surface area contributed by atoms with Gasteiger partial charge in [0.2, 0.25) is 0 Å². The van der Waals surface area contributed by atoms with Gasteiger partial charge in [-0.15, -0.1) is 11.3 Å². The maximum Gasteiger partial charge on any atom is 0.256 e. The Labute approximate surface area is 96.7 Å². The Balaban J connectivity index is 2.14. The average Bonchev–Trinajstić information content (AvgIpc) is 2.87. The molecule has 2 rings (SSSR count). The van der Waals surface area contributed by atoms with E-state index in [0.29, 0.717) is 5.22 Å². The molecular formula is C10H12N2OS2. The van der Waals surface area contributed by atoms with Gasteiger partial charge >= 0.3 is 0 Å². The van der Waals surface area contributed by atoms with Crippen molar-refractivity contribution in [2.75, 3.05) is 0 Å². The Morgan fingerprint density at radius 2 is 2.47 bits per heavy atom. The highest BCUT2D eigenvalue weighted by molar-refractivity contribution is 7.99. The van der Waals surface area contributed by atoms with Crippen LogP contribution in [-0.4, -0.2) is 11.0 Å². The smallest absolute Gasteiger partial charge is 0.256 e. The number of hydrogen-bond acceptors (Lipinski definition) is 5. The number of thioether (sulfide) groups is 1. The minimum atomic E-state index is 0.0700. The highest BCUT2D eigenvalue weighted by Gasteiger charge is 2.20. The molecule has 0 bridgehead atoms. The molecule has 0 saturated heterocycles. The molecule has 80 valence electrons. The minimum Gasteiger partial charge on any atom is -0.440 e. The van der Waals surface area contributed by atoms with Crippen LogP contribution in [0.1, 0.15) is 17.1 Å². The van der Waals surface area contributed by atoms with Crippen molar-refractivity contribution in [2.24, 2.45) is 5.73 Å². The van der Waals surface area contributed by atoms with Gasteiger partial charge in [0, 0.05) is 10.9 Å². The second-order valence-corrected chi connectivity index (χ2v) is 5.28. The number of rotatable bonds is 4. The molecule has 0 amide bonds. The predicted molar refractivity (Wildman–Crippen MR) is 63.1 cm³/mol. The first-order chi connectivity index (χ1) is 7.27. The highest BCUT2D eigenvalue weighted by atomic mass is 32.2. The van der Waals surface area contributed by atoms with Crippen molar-refractivity contribution in [2.45, 2.75) is 23.4 Å². The number of nitrogens with zero attached hydrogens (tertiary/aromatic N) is 1. The normalized spacial score (nSPS) is 15.1. The molecule has 5 heteroatoms. The fourth-order valence-electron chi connectivity index (χ4n) is 1.25. The summed E-state index contributed by atoms with van der Waals surface area (Å²) in [4.78, 5) is 5.35.